The summed E-state index contributed by atoms with van der Waals surface area (Å²) in [5.74, 6) is 1.55. The molecule has 0 saturated heterocycles. The van der Waals surface area contributed by atoms with Gasteiger partial charge < -0.3 is 18.9 Å². The summed E-state index contributed by atoms with van der Waals surface area (Å²) >= 11 is 0. The molecule has 7 heteroatoms. The number of hydrogen-bond acceptors (Lipinski definition) is 6. The molecule has 0 atom stereocenters. The normalized spacial score (nSPS) is 10.5. The van der Waals surface area contributed by atoms with Crippen molar-refractivity contribution >= 4 is 12.1 Å². The quantitative estimate of drug-likeness (QED) is 0.417. The molecule has 0 aliphatic heterocycles. The van der Waals surface area contributed by atoms with Gasteiger partial charge in [0.05, 0.1) is 27.5 Å². The first kappa shape index (κ1) is 21.7. The van der Waals surface area contributed by atoms with Gasteiger partial charge in [-0.05, 0) is 47.5 Å². The molecule has 31 heavy (non-hydrogen) atoms. The molecular formula is C24H24N2O5. The maximum atomic E-state index is 12.4. The Labute approximate surface area is 181 Å². The Morgan fingerprint density at radius 2 is 1.55 bits per heavy atom. The van der Waals surface area contributed by atoms with Crippen molar-refractivity contribution in [1.29, 1.82) is 0 Å². The molecule has 0 radical (unpaired) electrons. The van der Waals surface area contributed by atoms with Crippen LogP contribution >= 0.6 is 0 Å². The Morgan fingerprint density at radius 3 is 2.13 bits per heavy atom. The minimum atomic E-state index is -0.404. The standard InChI is InChI=1S/C24H24N2O5/c1-28-21-13-19(14-22(29-2)23(21)30-3)24(27)26-25-15-17-9-11-20(12-10-17)31-16-18-7-5-4-6-8-18/h4-15H,16H2,1-3H3,(H,26,27)/b25-15-. The summed E-state index contributed by atoms with van der Waals surface area (Å²) in [4.78, 5) is 12.4. The van der Waals surface area contributed by atoms with Gasteiger partial charge in [-0.15, -0.1) is 0 Å². The van der Waals surface area contributed by atoms with E-state index in [-0.39, 0.29) is 0 Å². The summed E-state index contributed by atoms with van der Waals surface area (Å²) in [7, 11) is 4.48. The molecule has 0 unspecified atom stereocenters. The molecule has 0 aliphatic rings. The number of amides is 1. The van der Waals surface area contributed by atoms with E-state index in [2.05, 4.69) is 10.5 Å². The number of ether oxygens (including phenoxy) is 4. The van der Waals surface area contributed by atoms with Crippen molar-refractivity contribution in [3.8, 4) is 23.0 Å². The second-order valence-electron chi connectivity index (χ2n) is 6.46. The summed E-state index contributed by atoms with van der Waals surface area (Å²) in [5, 5.41) is 4.02. The first-order valence-electron chi connectivity index (χ1n) is 9.54. The molecule has 0 spiro atoms. The fraction of sp³-hybridized carbons (Fsp3) is 0.167. The van der Waals surface area contributed by atoms with Gasteiger partial charge in [0.25, 0.3) is 5.91 Å². The third-order valence-corrected chi connectivity index (χ3v) is 4.44. The third kappa shape index (κ3) is 5.76. The fourth-order valence-electron chi connectivity index (χ4n) is 2.83. The Morgan fingerprint density at radius 1 is 0.903 bits per heavy atom. The summed E-state index contributed by atoms with van der Waals surface area (Å²) in [6, 6.07) is 20.5. The summed E-state index contributed by atoms with van der Waals surface area (Å²) in [6.07, 6.45) is 1.55. The summed E-state index contributed by atoms with van der Waals surface area (Å²) < 4.78 is 21.6. The number of benzene rings is 3. The van der Waals surface area contributed by atoms with Gasteiger partial charge >= 0.3 is 0 Å². The van der Waals surface area contributed by atoms with E-state index in [1.165, 1.54) is 21.3 Å². The topological polar surface area (TPSA) is 78.4 Å². The lowest BCUT2D eigenvalue weighted by atomic mass is 10.1. The number of nitrogens with zero attached hydrogens (tertiary/aromatic N) is 1. The predicted octanol–water partition coefficient (Wildman–Crippen LogP) is 4.06. The smallest absolute Gasteiger partial charge is 0.271 e. The van der Waals surface area contributed by atoms with Gasteiger partial charge in [0.15, 0.2) is 11.5 Å². The Kier molecular flexibility index (Phi) is 7.48. The SMILES string of the molecule is COc1cc(C(=O)N/N=C\c2ccc(OCc3ccccc3)cc2)cc(OC)c1OC. The van der Waals surface area contributed by atoms with Crippen molar-refractivity contribution in [3.05, 3.63) is 83.4 Å². The van der Waals surface area contributed by atoms with Crippen LogP contribution in [0.1, 0.15) is 21.5 Å². The second-order valence-corrected chi connectivity index (χ2v) is 6.46. The average Bonchev–Trinajstić information content (AvgIpc) is 2.83. The van der Waals surface area contributed by atoms with Crippen molar-refractivity contribution in [1.82, 2.24) is 5.43 Å². The molecule has 0 heterocycles. The van der Waals surface area contributed by atoms with Gasteiger partial charge in [0, 0.05) is 5.56 Å². The highest BCUT2D eigenvalue weighted by molar-refractivity contribution is 5.96. The van der Waals surface area contributed by atoms with Gasteiger partial charge in [-0.1, -0.05) is 30.3 Å². The number of hydrazone groups is 1. The zero-order valence-electron chi connectivity index (χ0n) is 17.6. The molecule has 1 N–H and O–H groups in total. The van der Waals surface area contributed by atoms with E-state index in [0.29, 0.717) is 29.4 Å². The molecule has 3 aromatic carbocycles. The van der Waals surface area contributed by atoms with E-state index in [1.807, 2.05) is 54.6 Å². The Hall–Kier alpha value is -4.00. The van der Waals surface area contributed by atoms with Crippen LogP contribution in [-0.4, -0.2) is 33.5 Å². The summed E-state index contributed by atoms with van der Waals surface area (Å²) in [5.41, 5.74) is 4.74. The fourth-order valence-corrected chi connectivity index (χ4v) is 2.83. The van der Waals surface area contributed by atoms with E-state index in [4.69, 9.17) is 18.9 Å². The molecule has 0 fully saturated rings. The molecular weight excluding hydrogens is 396 g/mol. The van der Waals surface area contributed by atoms with Crippen LogP contribution in [-0.2, 0) is 6.61 Å². The first-order valence-corrected chi connectivity index (χ1v) is 9.54. The van der Waals surface area contributed by atoms with Crippen LogP contribution in [0.4, 0.5) is 0 Å². The van der Waals surface area contributed by atoms with Crippen LogP contribution in [0, 0.1) is 0 Å². The van der Waals surface area contributed by atoms with Crippen LogP contribution < -0.4 is 24.4 Å². The largest absolute Gasteiger partial charge is 0.493 e. The first-order chi connectivity index (χ1) is 15.1. The molecule has 0 bridgehead atoms. The van der Waals surface area contributed by atoms with E-state index in [1.54, 1.807) is 18.3 Å². The average molecular weight is 420 g/mol. The molecule has 0 saturated carbocycles. The highest BCUT2D eigenvalue weighted by Crippen LogP contribution is 2.38. The van der Waals surface area contributed by atoms with Crippen molar-refractivity contribution in [2.24, 2.45) is 5.10 Å². The zero-order chi connectivity index (χ0) is 22.1. The third-order valence-electron chi connectivity index (χ3n) is 4.44. The number of nitrogens with one attached hydrogen (secondary N) is 1. The monoisotopic (exact) mass is 420 g/mol. The number of carbonyl (C=O) groups is 1. The van der Waals surface area contributed by atoms with Crippen molar-refractivity contribution < 1.29 is 23.7 Å². The van der Waals surface area contributed by atoms with E-state index in [0.717, 1.165) is 16.9 Å². The number of methoxy groups -OCH3 is 3. The van der Waals surface area contributed by atoms with Crippen LogP contribution in [0.2, 0.25) is 0 Å². The lowest BCUT2D eigenvalue weighted by Gasteiger charge is -2.13. The lowest BCUT2D eigenvalue weighted by Crippen LogP contribution is -2.18. The van der Waals surface area contributed by atoms with Gasteiger partial charge in [0.1, 0.15) is 12.4 Å². The Bertz CT molecular complexity index is 1010. The van der Waals surface area contributed by atoms with Gasteiger partial charge in [0.2, 0.25) is 5.75 Å². The van der Waals surface area contributed by atoms with E-state index < -0.39 is 5.91 Å². The van der Waals surface area contributed by atoms with E-state index >= 15 is 0 Å². The van der Waals surface area contributed by atoms with Gasteiger partial charge in [-0.25, -0.2) is 5.43 Å². The molecule has 3 aromatic rings. The van der Waals surface area contributed by atoms with Gasteiger partial charge in [-0.3, -0.25) is 4.79 Å². The lowest BCUT2D eigenvalue weighted by molar-refractivity contribution is 0.0954. The maximum absolute atomic E-state index is 12.4. The van der Waals surface area contributed by atoms with Crippen molar-refractivity contribution in [2.75, 3.05) is 21.3 Å². The Balaban J connectivity index is 1.59. The van der Waals surface area contributed by atoms with Crippen LogP contribution in [0.15, 0.2) is 71.8 Å². The van der Waals surface area contributed by atoms with Crippen LogP contribution in [0.5, 0.6) is 23.0 Å². The van der Waals surface area contributed by atoms with Crippen LogP contribution in [0.3, 0.4) is 0 Å². The molecule has 0 aliphatic carbocycles. The summed E-state index contributed by atoms with van der Waals surface area (Å²) in [6.45, 7) is 0.499. The maximum Gasteiger partial charge on any atom is 0.271 e. The van der Waals surface area contributed by atoms with Crippen molar-refractivity contribution in [3.63, 3.8) is 0 Å². The van der Waals surface area contributed by atoms with E-state index in [9.17, 15) is 4.79 Å². The number of hydrogen-bond donors (Lipinski definition) is 1. The highest BCUT2D eigenvalue weighted by Gasteiger charge is 2.16. The second kappa shape index (κ2) is 10.7. The molecule has 7 nitrogen and oxygen atoms in total. The van der Waals surface area contributed by atoms with Crippen LogP contribution in [0.25, 0.3) is 0 Å². The minimum Gasteiger partial charge on any atom is -0.493 e. The van der Waals surface area contributed by atoms with Gasteiger partial charge in [-0.2, -0.15) is 5.10 Å². The number of carbonyl (C=O) groups excluding carboxylic acids is 1. The molecule has 160 valence electrons. The zero-order valence-corrected chi connectivity index (χ0v) is 17.6. The predicted molar refractivity (Wildman–Crippen MR) is 118 cm³/mol. The minimum absolute atomic E-state index is 0.330. The molecule has 3 rings (SSSR count). The highest BCUT2D eigenvalue weighted by atomic mass is 16.5. The number of rotatable bonds is 9. The molecule has 0 aromatic heterocycles. The molecule has 1 amide bonds. The van der Waals surface area contributed by atoms with Crippen molar-refractivity contribution in [2.45, 2.75) is 6.61 Å².